The number of nitro benzene ring substituents is 1. The number of imidazole rings is 1. The Labute approximate surface area is 195 Å². The fraction of sp³-hybridized carbons (Fsp3) is 0.261. The van der Waals surface area contributed by atoms with Crippen molar-refractivity contribution in [3.8, 4) is 0 Å². The van der Waals surface area contributed by atoms with Crippen LogP contribution >= 0.6 is 12.6 Å². The van der Waals surface area contributed by atoms with Crippen molar-refractivity contribution in [1.82, 2.24) is 19.5 Å². The number of anilines is 1. The average molecular weight is 463 g/mol. The van der Waals surface area contributed by atoms with Gasteiger partial charge >= 0.3 is 0 Å². The zero-order valence-electron chi connectivity index (χ0n) is 17.8. The second kappa shape index (κ2) is 9.16. The van der Waals surface area contributed by atoms with Crippen LogP contribution in [0.3, 0.4) is 0 Å². The molecule has 10 heteroatoms. The Hall–Kier alpha value is -3.50. The van der Waals surface area contributed by atoms with Gasteiger partial charge in [0.2, 0.25) is 5.95 Å². The van der Waals surface area contributed by atoms with E-state index in [9.17, 15) is 10.1 Å². The van der Waals surface area contributed by atoms with Crippen LogP contribution in [0.1, 0.15) is 16.8 Å². The lowest BCUT2D eigenvalue weighted by atomic mass is 10.1. The molecule has 9 nitrogen and oxygen atoms in total. The fourth-order valence-corrected chi connectivity index (χ4v) is 4.22. The summed E-state index contributed by atoms with van der Waals surface area (Å²) in [5, 5.41) is 11.3. The van der Waals surface area contributed by atoms with Gasteiger partial charge in [0, 0.05) is 31.6 Å². The number of fused-ring (bicyclic) bond motifs is 1. The molecular formula is C23H22N6O3S. The molecule has 0 amide bonds. The summed E-state index contributed by atoms with van der Waals surface area (Å²) in [6.45, 7) is 3.40. The molecule has 0 N–H and O–H groups in total. The maximum atomic E-state index is 11.0. The van der Waals surface area contributed by atoms with Crippen molar-refractivity contribution >= 4 is 35.4 Å². The largest absolute Gasteiger partial charge is 0.378 e. The van der Waals surface area contributed by atoms with E-state index < -0.39 is 4.92 Å². The van der Waals surface area contributed by atoms with Crippen molar-refractivity contribution in [3.63, 3.8) is 0 Å². The molecule has 1 saturated heterocycles. The van der Waals surface area contributed by atoms with Gasteiger partial charge in [-0.15, -0.1) is 12.6 Å². The Morgan fingerprint density at radius 1 is 0.970 bits per heavy atom. The molecule has 5 rings (SSSR count). The predicted octanol–water partition coefficient (Wildman–Crippen LogP) is 3.50. The average Bonchev–Trinajstić information content (AvgIpc) is 3.19. The third-order valence-corrected chi connectivity index (χ3v) is 5.83. The number of morpholine rings is 1. The van der Waals surface area contributed by atoms with Gasteiger partial charge in [0.15, 0.2) is 10.8 Å². The first kappa shape index (κ1) is 21.4. The van der Waals surface area contributed by atoms with E-state index in [2.05, 4.69) is 44.2 Å². The van der Waals surface area contributed by atoms with Gasteiger partial charge in [-0.2, -0.15) is 0 Å². The van der Waals surface area contributed by atoms with E-state index in [1.807, 2.05) is 18.2 Å². The number of thiol groups is 1. The summed E-state index contributed by atoms with van der Waals surface area (Å²) in [6.07, 6.45) is 0.468. The number of hydrogen-bond donors (Lipinski definition) is 1. The Morgan fingerprint density at radius 3 is 2.39 bits per heavy atom. The second-order valence-electron chi connectivity index (χ2n) is 7.83. The molecule has 1 aliphatic heterocycles. The van der Waals surface area contributed by atoms with Crippen molar-refractivity contribution < 1.29 is 9.66 Å². The van der Waals surface area contributed by atoms with Gasteiger partial charge in [-0.3, -0.25) is 14.7 Å². The first-order chi connectivity index (χ1) is 16.1. The fourth-order valence-electron chi connectivity index (χ4n) is 4.00. The number of rotatable bonds is 6. The molecule has 2 aromatic carbocycles. The number of ether oxygens (including phenoxy) is 1. The normalized spacial score (nSPS) is 14.0. The lowest BCUT2D eigenvalue weighted by Crippen LogP contribution is -2.38. The molecule has 0 radical (unpaired) electrons. The third kappa shape index (κ3) is 4.53. The summed E-state index contributed by atoms with van der Waals surface area (Å²) in [7, 11) is 0. The summed E-state index contributed by atoms with van der Waals surface area (Å²) >= 11 is 4.46. The molecule has 0 unspecified atom stereocenters. The number of hydrogen-bond acceptors (Lipinski definition) is 8. The van der Waals surface area contributed by atoms with Crippen LogP contribution in [0, 0.1) is 10.1 Å². The summed E-state index contributed by atoms with van der Waals surface area (Å²) < 4.78 is 7.64. The topological polar surface area (TPSA) is 99.2 Å². The van der Waals surface area contributed by atoms with Crippen molar-refractivity contribution in [2.75, 3.05) is 31.2 Å². The first-order valence-corrected chi connectivity index (χ1v) is 11.1. The van der Waals surface area contributed by atoms with Gasteiger partial charge in [0.1, 0.15) is 5.52 Å². The lowest BCUT2D eigenvalue weighted by molar-refractivity contribution is -0.384. The van der Waals surface area contributed by atoms with Gasteiger partial charge in [-0.05, 0) is 11.1 Å². The van der Waals surface area contributed by atoms with Crippen LogP contribution in [0.4, 0.5) is 11.6 Å². The molecule has 0 aliphatic carbocycles. The minimum absolute atomic E-state index is 0.0585. The van der Waals surface area contributed by atoms with Crippen LogP contribution in [0.25, 0.3) is 11.2 Å². The van der Waals surface area contributed by atoms with E-state index >= 15 is 0 Å². The van der Waals surface area contributed by atoms with Crippen LogP contribution in [0.5, 0.6) is 0 Å². The van der Waals surface area contributed by atoms with E-state index in [1.165, 1.54) is 12.1 Å². The van der Waals surface area contributed by atoms with Crippen LogP contribution in [0.2, 0.25) is 0 Å². The van der Waals surface area contributed by atoms with Crippen LogP contribution in [0.15, 0.2) is 59.8 Å². The molecule has 168 valence electrons. The second-order valence-corrected chi connectivity index (χ2v) is 8.23. The van der Waals surface area contributed by atoms with Crippen molar-refractivity contribution in [2.24, 2.45) is 0 Å². The predicted molar refractivity (Wildman–Crippen MR) is 127 cm³/mol. The molecule has 33 heavy (non-hydrogen) atoms. The van der Waals surface area contributed by atoms with Crippen LogP contribution in [-0.4, -0.2) is 50.7 Å². The van der Waals surface area contributed by atoms with Gasteiger partial charge in [0.05, 0.1) is 30.4 Å². The molecular weight excluding hydrogens is 440 g/mol. The molecule has 0 saturated carbocycles. The molecule has 4 aromatic rings. The Kier molecular flexibility index (Phi) is 5.93. The maximum absolute atomic E-state index is 11.0. The van der Waals surface area contributed by atoms with E-state index in [0.29, 0.717) is 36.9 Å². The van der Waals surface area contributed by atoms with Gasteiger partial charge in [0.25, 0.3) is 5.69 Å². The molecule has 0 atom stereocenters. The Bertz CT molecular complexity index is 1290. The quantitative estimate of drug-likeness (QED) is 0.203. The minimum atomic E-state index is -0.404. The zero-order valence-corrected chi connectivity index (χ0v) is 18.7. The molecule has 0 spiro atoms. The highest BCUT2D eigenvalue weighted by Gasteiger charge is 2.23. The number of nitro groups is 1. The molecule has 0 bridgehead atoms. The summed E-state index contributed by atoms with van der Waals surface area (Å²) in [4.78, 5) is 27.0. The highest BCUT2D eigenvalue weighted by molar-refractivity contribution is 7.80. The van der Waals surface area contributed by atoms with Crippen LogP contribution in [-0.2, 0) is 17.7 Å². The monoisotopic (exact) mass is 462 g/mol. The molecule has 2 aromatic heterocycles. The SMILES string of the molecule is O=[N+]([O-])c1ccc(Cc2nc(S)nc3c2nc(N2CCOCC2)n3Cc2ccccc2)cc1. The standard InChI is InChI=1S/C23H22N6O3S/c30-29(31)18-8-6-16(7-9-18)14-19-20-21(26-22(33)24-19)28(15-17-4-2-1-3-5-17)23(25-20)27-10-12-32-13-11-27/h1-9H,10-15H2,(H,24,26,33). The number of aromatic nitrogens is 4. The van der Waals surface area contributed by atoms with Crippen LogP contribution < -0.4 is 4.90 Å². The van der Waals surface area contributed by atoms with E-state index in [1.54, 1.807) is 12.1 Å². The molecule has 1 aliphatic rings. The number of benzene rings is 2. The zero-order chi connectivity index (χ0) is 22.8. The van der Waals surface area contributed by atoms with E-state index in [4.69, 9.17) is 9.72 Å². The summed E-state index contributed by atoms with van der Waals surface area (Å²) in [5.41, 5.74) is 4.27. The summed E-state index contributed by atoms with van der Waals surface area (Å²) in [5.74, 6) is 0.829. The van der Waals surface area contributed by atoms with Gasteiger partial charge in [-0.1, -0.05) is 42.5 Å². The number of non-ortho nitro benzene ring substituents is 1. The van der Waals surface area contributed by atoms with Gasteiger partial charge in [-0.25, -0.2) is 15.0 Å². The van der Waals surface area contributed by atoms with Crippen molar-refractivity contribution in [1.29, 1.82) is 0 Å². The molecule has 3 heterocycles. The molecule has 1 fully saturated rings. The smallest absolute Gasteiger partial charge is 0.269 e. The van der Waals surface area contributed by atoms with Gasteiger partial charge < -0.3 is 9.64 Å². The highest BCUT2D eigenvalue weighted by atomic mass is 32.1. The maximum Gasteiger partial charge on any atom is 0.269 e. The van der Waals surface area contributed by atoms with Crippen molar-refractivity contribution in [2.45, 2.75) is 18.1 Å². The highest BCUT2D eigenvalue weighted by Crippen LogP contribution is 2.27. The summed E-state index contributed by atoms with van der Waals surface area (Å²) in [6, 6.07) is 16.7. The number of nitrogens with zero attached hydrogens (tertiary/aromatic N) is 6. The lowest BCUT2D eigenvalue weighted by Gasteiger charge is -2.28. The van der Waals surface area contributed by atoms with Crippen molar-refractivity contribution in [3.05, 3.63) is 81.5 Å². The Balaban J connectivity index is 1.59. The Morgan fingerprint density at radius 2 is 1.70 bits per heavy atom. The van der Waals surface area contributed by atoms with E-state index in [0.717, 1.165) is 41.5 Å². The first-order valence-electron chi connectivity index (χ1n) is 10.6. The van der Waals surface area contributed by atoms with E-state index in [-0.39, 0.29) is 5.69 Å². The minimum Gasteiger partial charge on any atom is -0.378 e. The third-order valence-electron chi connectivity index (χ3n) is 5.63.